The van der Waals surface area contributed by atoms with E-state index in [-0.39, 0.29) is 5.82 Å². The summed E-state index contributed by atoms with van der Waals surface area (Å²) < 4.78 is 6.42. The molecule has 2 aliphatic carbocycles. The third-order valence-electron chi connectivity index (χ3n) is 4.68. The van der Waals surface area contributed by atoms with Crippen molar-refractivity contribution in [3.63, 3.8) is 0 Å². The average molecular weight is 292 g/mol. The van der Waals surface area contributed by atoms with Crippen LogP contribution in [-0.2, 0) is 11.4 Å². The van der Waals surface area contributed by atoms with Crippen molar-refractivity contribution >= 4 is 5.97 Å². The van der Waals surface area contributed by atoms with Crippen LogP contribution >= 0.6 is 0 Å². The van der Waals surface area contributed by atoms with Gasteiger partial charge in [0.05, 0.1) is 13.8 Å². The summed E-state index contributed by atoms with van der Waals surface area (Å²) in [5.74, 6) is 0.531. The molecule has 2 fully saturated rings. The van der Waals surface area contributed by atoms with Gasteiger partial charge >= 0.3 is 5.97 Å². The predicted octanol–water partition coefficient (Wildman–Crippen LogP) is 2.07. The lowest BCUT2D eigenvalue weighted by molar-refractivity contribution is 0.0583. The Morgan fingerprint density at radius 1 is 1.29 bits per heavy atom. The fraction of sp³-hybridized carbons (Fsp3) is 0.800. The molecule has 0 bridgehead atoms. The van der Waals surface area contributed by atoms with Crippen molar-refractivity contribution in [3.8, 4) is 0 Å². The van der Waals surface area contributed by atoms with Crippen molar-refractivity contribution in [2.24, 2.45) is 5.92 Å². The molecular formula is C15H24N4O2. The van der Waals surface area contributed by atoms with E-state index in [4.69, 9.17) is 0 Å². The molecule has 116 valence electrons. The molecule has 6 heteroatoms. The van der Waals surface area contributed by atoms with Gasteiger partial charge in [-0.15, -0.1) is 5.10 Å². The molecular weight excluding hydrogens is 268 g/mol. The number of carbonyl (C=O) groups excluding carboxylic acids is 1. The molecule has 2 saturated carbocycles. The first-order chi connectivity index (χ1) is 10.2. The molecule has 0 aliphatic heterocycles. The monoisotopic (exact) mass is 292 g/mol. The molecule has 0 radical (unpaired) electrons. The van der Waals surface area contributed by atoms with Crippen molar-refractivity contribution in [3.05, 3.63) is 12.2 Å². The summed E-state index contributed by atoms with van der Waals surface area (Å²) in [5.41, 5.74) is 0. The van der Waals surface area contributed by atoms with Crippen LogP contribution < -0.4 is 0 Å². The fourth-order valence-corrected chi connectivity index (χ4v) is 3.22. The molecule has 3 rings (SSSR count). The lowest BCUT2D eigenvalue weighted by Gasteiger charge is -2.36. The molecule has 1 aromatic rings. The highest BCUT2D eigenvalue weighted by atomic mass is 16.5. The first-order valence-electron chi connectivity index (χ1n) is 7.91. The Balaban J connectivity index is 1.65. The standard InChI is InChI=1S/C15H24N4O2/c1-11-3-5-12(6-4-11)19(13-7-8-13)10-18-9-16-14(17-18)15(20)21-2/h9,11-13H,3-8,10H2,1-2H3. The maximum Gasteiger partial charge on any atom is 0.377 e. The molecule has 0 atom stereocenters. The second kappa shape index (κ2) is 6.13. The summed E-state index contributed by atoms with van der Waals surface area (Å²) >= 11 is 0. The van der Waals surface area contributed by atoms with Gasteiger partial charge in [0.1, 0.15) is 6.33 Å². The van der Waals surface area contributed by atoms with Crippen LogP contribution in [0.15, 0.2) is 6.33 Å². The summed E-state index contributed by atoms with van der Waals surface area (Å²) in [7, 11) is 1.35. The van der Waals surface area contributed by atoms with Crippen LogP contribution in [0.5, 0.6) is 0 Å². The molecule has 0 saturated heterocycles. The van der Waals surface area contributed by atoms with Crippen LogP contribution in [0, 0.1) is 5.92 Å². The van der Waals surface area contributed by atoms with Crippen molar-refractivity contribution in [2.45, 2.75) is 64.2 Å². The molecule has 0 amide bonds. The van der Waals surface area contributed by atoms with E-state index in [1.54, 1.807) is 11.0 Å². The number of methoxy groups -OCH3 is 1. The van der Waals surface area contributed by atoms with Crippen LogP contribution in [-0.4, -0.2) is 44.8 Å². The van der Waals surface area contributed by atoms with Gasteiger partial charge in [0, 0.05) is 12.1 Å². The number of aromatic nitrogens is 3. The quantitative estimate of drug-likeness (QED) is 0.777. The van der Waals surface area contributed by atoms with Crippen LogP contribution in [0.25, 0.3) is 0 Å². The van der Waals surface area contributed by atoms with E-state index >= 15 is 0 Å². The predicted molar refractivity (Wildman–Crippen MR) is 77.6 cm³/mol. The maximum absolute atomic E-state index is 11.4. The van der Waals surface area contributed by atoms with Gasteiger partial charge in [-0.25, -0.2) is 14.5 Å². The molecule has 0 unspecified atom stereocenters. The van der Waals surface area contributed by atoms with Crippen molar-refractivity contribution in [1.82, 2.24) is 19.7 Å². The zero-order chi connectivity index (χ0) is 14.8. The van der Waals surface area contributed by atoms with Gasteiger partial charge < -0.3 is 4.74 Å². The minimum absolute atomic E-state index is 0.144. The summed E-state index contributed by atoms with van der Waals surface area (Å²) in [4.78, 5) is 18.0. The van der Waals surface area contributed by atoms with Crippen LogP contribution in [0.1, 0.15) is 56.1 Å². The normalized spacial score (nSPS) is 26.0. The molecule has 0 N–H and O–H groups in total. The second-order valence-electron chi connectivity index (χ2n) is 6.40. The Labute approximate surface area is 125 Å². The highest BCUT2D eigenvalue weighted by Gasteiger charge is 2.35. The Bertz CT molecular complexity index is 490. The van der Waals surface area contributed by atoms with Gasteiger partial charge in [0.25, 0.3) is 5.82 Å². The van der Waals surface area contributed by atoms with E-state index < -0.39 is 5.97 Å². The Morgan fingerprint density at radius 2 is 1.90 bits per heavy atom. The molecule has 2 aliphatic rings. The minimum Gasteiger partial charge on any atom is -0.463 e. The maximum atomic E-state index is 11.4. The number of esters is 1. The first kappa shape index (κ1) is 14.5. The first-order valence-corrected chi connectivity index (χ1v) is 7.91. The van der Waals surface area contributed by atoms with Crippen molar-refractivity contribution < 1.29 is 9.53 Å². The Kier molecular flexibility index (Phi) is 4.24. The summed E-state index contributed by atoms with van der Waals surface area (Å²) in [6.07, 6.45) is 9.38. The highest BCUT2D eigenvalue weighted by Crippen LogP contribution is 2.35. The van der Waals surface area contributed by atoms with Gasteiger partial charge in [-0.1, -0.05) is 6.92 Å². The average Bonchev–Trinajstić information content (AvgIpc) is 3.24. The third-order valence-corrected chi connectivity index (χ3v) is 4.68. The van der Waals surface area contributed by atoms with Crippen LogP contribution in [0.4, 0.5) is 0 Å². The largest absolute Gasteiger partial charge is 0.463 e. The molecule has 21 heavy (non-hydrogen) atoms. The molecule has 1 aromatic heterocycles. The molecule has 6 nitrogen and oxygen atoms in total. The molecule has 0 aromatic carbocycles. The van der Waals surface area contributed by atoms with E-state index in [0.717, 1.165) is 12.6 Å². The number of nitrogens with zero attached hydrogens (tertiary/aromatic N) is 4. The highest BCUT2D eigenvalue weighted by molar-refractivity contribution is 5.84. The van der Waals surface area contributed by atoms with Gasteiger partial charge in [0.15, 0.2) is 0 Å². The van der Waals surface area contributed by atoms with Gasteiger partial charge in [-0.3, -0.25) is 4.90 Å². The Hall–Kier alpha value is -1.43. The SMILES string of the molecule is COC(=O)c1ncn(CN(C2CCC(C)CC2)C2CC2)n1. The van der Waals surface area contributed by atoms with E-state index in [1.807, 2.05) is 0 Å². The number of hydrogen-bond acceptors (Lipinski definition) is 5. The molecule has 1 heterocycles. The van der Waals surface area contributed by atoms with E-state index in [2.05, 4.69) is 26.6 Å². The van der Waals surface area contributed by atoms with E-state index in [0.29, 0.717) is 12.1 Å². The van der Waals surface area contributed by atoms with Crippen LogP contribution in [0.2, 0.25) is 0 Å². The summed E-state index contributed by atoms with van der Waals surface area (Å²) in [6, 6.07) is 1.34. The number of ether oxygens (including phenoxy) is 1. The van der Waals surface area contributed by atoms with E-state index in [1.165, 1.54) is 45.6 Å². The third kappa shape index (κ3) is 3.43. The zero-order valence-electron chi connectivity index (χ0n) is 12.9. The fourth-order valence-electron chi connectivity index (χ4n) is 3.22. The molecule has 0 spiro atoms. The lowest BCUT2D eigenvalue weighted by Crippen LogP contribution is -2.40. The van der Waals surface area contributed by atoms with Crippen molar-refractivity contribution in [2.75, 3.05) is 7.11 Å². The second-order valence-corrected chi connectivity index (χ2v) is 6.40. The lowest BCUT2D eigenvalue weighted by atomic mass is 9.86. The zero-order valence-corrected chi connectivity index (χ0v) is 12.9. The van der Waals surface area contributed by atoms with E-state index in [9.17, 15) is 4.79 Å². The smallest absolute Gasteiger partial charge is 0.377 e. The van der Waals surface area contributed by atoms with Crippen molar-refractivity contribution in [1.29, 1.82) is 0 Å². The number of hydrogen-bond donors (Lipinski definition) is 0. The Morgan fingerprint density at radius 3 is 2.48 bits per heavy atom. The number of rotatable bonds is 5. The topological polar surface area (TPSA) is 60.2 Å². The van der Waals surface area contributed by atoms with Crippen LogP contribution in [0.3, 0.4) is 0 Å². The van der Waals surface area contributed by atoms with Gasteiger partial charge in [-0.2, -0.15) is 0 Å². The summed E-state index contributed by atoms with van der Waals surface area (Å²) in [6.45, 7) is 3.07. The summed E-state index contributed by atoms with van der Waals surface area (Å²) in [5, 5.41) is 4.23. The minimum atomic E-state index is -0.474. The number of carbonyl (C=O) groups is 1. The van der Waals surface area contributed by atoms with Gasteiger partial charge in [0.2, 0.25) is 0 Å². The van der Waals surface area contributed by atoms with Gasteiger partial charge in [-0.05, 0) is 44.4 Å².